The van der Waals surface area contributed by atoms with E-state index in [1.807, 2.05) is 6.92 Å². The van der Waals surface area contributed by atoms with Crippen molar-refractivity contribution in [2.45, 2.75) is 25.8 Å². The molecule has 0 bridgehead atoms. The second-order valence-electron chi connectivity index (χ2n) is 3.39. The highest BCUT2D eigenvalue weighted by Crippen LogP contribution is 1.86. The Hall–Kier alpha value is -1.05. The molecule has 1 atom stereocenters. The van der Waals surface area contributed by atoms with Gasteiger partial charge in [-0.05, 0) is 13.3 Å². The molecule has 2 N–H and O–H groups in total. The molecule has 0 rings (SSSR count). The molecule has 86 valence electrons. The number of carbonyl (C=O) groups excluding carboxylic acids is 1. The zero-order valence-corrected chi connectivity index (χ0v) is 9.51. The Morgan fingerprint density at radius 2 is 2.33 bits per heavy atom. The van der Waals surface area contributed by atoms with Crippen LogP contribution in [0.25, 0.3) is 0 Å². The first-order valence-corrected chi connectivity index (χ1v) is 5.13. The van der Waals surface area contributed by atoms with Crippen LogP contribution in [0.3, 0.4) is 0 Å². The van der Waals surface area contributed by atoms with Crippen LogP contribution >= 0.6 is 0 Å². The van der Waals surface area contributed by atoms with E-state index in [2.05, 4.69) is 16.6 Å². The summed E-state index contributed by atoms with van der Waals surface area (Å²) in [6.07, 6.45) is 6.62. The van der Waals surface area contributed by atoms with Gasteiger partial charge in [-0.2, -0.15) is 0 Å². The van der Waals surface area contributed by atoms with E-state index in [1.165, 1.54) is 0 Å². The number of nitrogens with one attached hydrogen (secondary N) is 2. The minimum absolute atomic E-state index is 0.00465. The molecule has 0 radical (unpaired) electrons. The number of carbonyl (C=O) groups is 1. The van der Waals surface area contributed by atoms with Crippen molar-refractivity contribution in [2.24, 2.45) is 0 Å². The van der Waals surface area contributed by atoms with Crippen LogP contribution < -0.4 is 10.6 Å². The van der Waals surface area contributed by atoms with Crippen LogP contribution in [0.4, 0.5) is 0 Å². The van der Waals surface area contributed by atoms with Gasteiger partial charge in [-0.25, -0.2) is 0 Å². The van der Waals surface area contributed by atoms with Crippen molar-refractivity contribution in [3.63, 3.8) is 0 Å². The fourth-order valence-corrected chi connectivity index (χ4v) is 1.02. The minimum Gasteiger partial charge on any atom is -0.385 e. The van der Waals surface area contributed by atoms with E-state index < -0.39 is 0 Å². The van der Waals surface area contributed by atoms with Crippen molar-refractivity contribution in [1.82, 2.24) is 10.6 Å². The molecule has 15 heavy (non-hydrogen) atoms. The van der Waals surface area contributed by atoms with E-state index >= 15 is 0 Å². The number of ether oxygens (including phenoxy) is 1. The molecular formula is C11H20N2O2. The highest BCUT2D eigenvalue weighted by atomic mass is 16.5. The molecule has 0 fully saturated rings. The van der Waals surface area contributed by atoms with Crippen LogP contribution in [0.1, 0.15) is 19.8 Å². The molecule has 0 aromatic carbocycles. The Morgan fingerprint density at radius 3 is 2.93 bits per heavy atom. The van der Waals surface area contributed by atoms with E-state index in [9.17, 15) is 4.79 Å². The Morgan fingerprint density at radius 1 is 1.60 bits per heavy atom. The molecule has 0 aliphatic carbocycles. The standard InChI is InChI=1S/C11H20N2O2/c1-4-6-10(2)13-9-11(14)12-7-5-8-15-3/h1,10,13H,5-9H2,2-3H3,(H,12,14). The molecule has 0 aliphatic heterocycles. The maximum atomic E-state index is 11.2. The van der Waals surface area contributed by atoms with Gasteiger partial charge in [-0.15, -0.1) is 12.3 Å². The van der Waals surface area contributed by atoms with Gasteiger partial charge in [0.1, 0.15) is 0 Å². The maximum Gasteiger partial charge on any atom is 0.233 e. The van der Waals surface area contributed by atoms with Gasteiger partial charge in [0.05, 0.1) is 6.54 Å². The van der Waals surface area contributed by atoms with E-state index in [1.54, 1.807) is 7.11 Å². The highest BCUT2D eigenvalue weighted by molar-refractivity contribution is 5.77. The van der Waals surface area contributed by atoms with Crippen molar-refractivity contribution in [1.29, 1.82) is 0 Å². The van der Waals surface area contributed by atoms with Crippen LogP contribution in [-0.2, 0) is 9.53 Å². The molecule has 4 nitrogen and oxygen atoms in total. The first-order chi connectivity index (χ1) is 7.20. The third-order valence-corrected chi connectivity index (χ3v) is 1.88. The number of rotatable bonds is 8. The summed E-state index contributed by atoms with van der Waals surface area (Å²) >= 11 is 0. The number of amides is 1. The van der Waals surface area contributed by atoms with Gasteiger partial charge in [0.25, 0.3) is 0 Å². The van der Waals surface area contributed by atoms with Crippen LogP contribution in [0, 0.1) is 12.3 Å². The van der Waals surface area contributed by atoms with Crippen molar-refractivity contribution < 1.29 is 9.53 Å². The smallest absolute Gasteiger partial charge is 0.233 e. The second-order valence-corrected chi connectivity index (χ2v) is 3.39. The monoisotopic (exact) mass is 212 g/mol. The van der Waals surface area contributed by atoms with Gasteiger partial charge in [0.2, 0.25) is 5.91 Å². The SMILES string of the molecule is C#CCC(C)NCC(=O)NCCCOC. The molecule has 0 spiro atoms. The van der Waals surface area contributed by atoms with Gasteiger partial charge in [0, 0.05) is 32.7 Å². The Balaban J connectivity index is 3.37. The quantitative estimate of drug-likeness (QED) is 0.444. The zero-order valence-electron chi connectivity index (χ0n) is 9.51. The zero-order chi connectivity index (χ0) is 11.5. The van der Waals surface area contributed by atoms with E-state index in [0.29, 0.717) is 26.1 Å². The molecule has 1 amide bonds. The summed E-state index contributed by atoms with van der Waals surface area (Å²) in [5, 5.41) is 5.82. The van der Waals surface area contributed by atoms with Crippen molar-refractivity contribution in [3.05, 3.63) is 0 Å². The summed E-state index contributed by atoms with van der Waals surface area (Å²) in [5.41, 5.74) is 0. The van der Waals surface area contributed by atoms with Crippen LogP contribution in [0.15, 0.2) is 0 Å². The third kappa shape index (κ3) is 9.26. The molecule has 0 saturated heterocycles. The fraction of sp³-hybridized carbons (Fsp3) is 0.727. The summed E-state index contributed by atoms with van der Waals surface area (Å²) in [4.78, 5) is 11.2. The predicted octanol–water partition coefficient (Wildman–Crippen LogP) is 0.141. The van der Waals surface area contributed by atoms with Crippen LogP contribution in [0.5, 0.6) is 0 Å². The van der Waals surface area contributed by atoms with Crippen LogP contribution in [-0.4, -0.2) is 38.8 Å². The molecule has 1 unspecified atom stereocenters. The topological polar surface area (TPSA) is 50.4 Å². The molecular weight excluding hydrogens is 192 g/mol. The Labute approximate surface area is 91.8 Å². The van der Waals surface area contributed by atoms with Gasteiger partial charge in [-0.1, -0.05) is 0 Å². The van der Waals surface area contributed by atoms with Crippen molar-refractivity contribution in [3.8, 4) is 12.3 Å². The third-order valence-electron chi connectivity index (χ3n) is 1.88. The molecule has 0 aliphatic rings. The summed E-state index contributed by atoms with van der Waals surface area (Å²) < 4.78 is 4.86. The summed E-state index contributed by atoms with van der Waals surface area (Å²) in [6, 6.07) is 0.180. The normalized spacial score (nSPS) is 11.8. The maximum absolute atomic E-state index is 11.2. The lowest BCUT2D eigenvalue weighted by Gasteiger charge is -2.10. The molecule has 0 aromatic heterocycles. The van der Waals surface area contributed by atoms with E-state index in [-0.39, 0.29) is 11.9 Å². The molecule has 0 saturated carbocycles. The largest absolute Gasteiger partial charge is 0.385 e. The predicted molar refractivity (Wildman–Crippen MR) is 60.4 cm³/mol. The minimum atomic E-state index is -0.00465. The van der Waals surface area contributed by atoms with Gasteiger partial charge >= 0.3 is 0 Å². The van der Waals surface area contributed by atoms with Gasteiger partial charge in [0.15, 0.2) is 0 Å². The summed E-state index contributed by atoms with van der Waals surface area (Å²) in [7, 11) is 1.64. The first-order valence-electron chi connectivity index (χ1n) is 5.13. The van der Waals surface area contributed by atoms with Gasteiger partial charge < -0.3 is 15.4 Å². The Kier molecular flexibility index (Phi) is 8.84. The number of hydrogen-bond donors (Lipinski definition) is 2. The summed E-state index contributed by atoms with van der Waals surface area (Å²) in [6.45, 7) is 3.59. The molecule has 0 aromatic rings. The number of hydrogen-bond acceptors (Lipinski definition) is 3. The lowest BCUT2D eigenvalue weighted by molar-refractivity contribution is -0.120. The number of methoxy groups -OCH3 is 1. The molecule has 0 heterocycles. The van der Waals surface area contributed by atoms with E-state index in [0.717, 1.165) is 6.42 Å². The lowest BCUT2D eigenvalue weighted by Crippen LogP contribution is -2.38. The van der Waals surface area contributed by atoms with Crippen molar-refractivity contribution in [2.75, 3.05) is 26.8 Å². The average Bonchev–Trinajstić information content (AvgIpc) is 2.22. The Bertz CT molecular complexity index is 211. The lowest BCUT2D eigenvalue weighted by atomic mass is 10.2. The highest BCUT2D eigenvalue weighted by Gasteiger charge is 2.03. The average molecular weight is 212 g/mol. The van der Waals surface area contributed by atoms with Crippen molar-refractivity contribution >= 4 is 5.91 Å². The fourth-order valence-electron chi connectivity index (χ4n) is 1.02. The summed E-state index contributed by atoms with van der Waals surface area (Å²) in [5.74, 6) is 2.54. The molecule has 4 heteroatoms. The second kappa shape index (κ2) is 9.50. The van der Waals surface area contributed by atoms with Crippen LogP contribution in [0.2, 0.25) is 0 Å². The van der Waals surface area contributed by atoms with Gasteiger partial charge in [-0.3, -0.25) is 4.79 Å². The van der Waals surface area contributed by atoms with E-state index in [4.69, 9.17) is 11.2 Å². The number of terminal acetylenes is 1. The first kappa shape index (κ1) is 13.9.